The molecule has 0 aliphatic carbocycles. The van der Waals surface area contributed by atoms with E-state index in [1.807, 2.05) is 12.1 Å². The van der Waals surface area contributed by atoms with Crippen LogP contribution in [0.25, 0.3) is 22.9 Å². The van der Waals surface area contributed by atoms with Crippen molar-refractivity contribution in [3.05, 3.63) is 179 Å². The van der Waals surface area contributed by atoms with Crippen molar-refractivity contribution in [2.45, 2.75) is 76.4 Å². The van der Waals surface area contributed by atoms with Crippen LogP contribution < -0.4 is 18.9 Å². The molecule has 6 aromatic rings. The SMILES string of the molecule is CCCCCCOc1ccc(C2(c3ccccc3)C=Cc3c(ccc4ccc5c(c34)C=CC(c3ccccc3)(c3ccc(OCCCCCC)cc3)O5)O2)cc1. The Hall–Kier alpha value is -5.74. The van der Waals surface area contributed by atoms with Crippen molar-refractivity contribution in [2.24, 2.45) is 0 Å². The van der Waals surface area contributed by atoms with Gasteiger partial charge in [0.15, 0.2) is 11.2 Å². The Balaban J connectivity index is 1.13. The van der Waals surface area contributed by atoms with Crippen LogP contribution in [0.3, 0.4) is 0 Å². The zero-order valence-electron chi connectivity index (χ0n) is 32.7. The molecule has 0 bridgehead atoms. The molecule has 0 radical (unpaired) electrons. The minimum absolute atomic E-state index is 0.732. The molecule has 0 spiro atoms. The number of unbranched alkanes of at least 4 members (excludes halogenated alkanes) is 6. The maximum absolute atomic E-state index is 7.19. The van der Waals surface area contributed by atoms with Gasteiger partial charge in [0.25, 0.3) is 0 Å². The predicted molar refractivity (Wildman–Crippen MR) is 230 cm³/mol. The van der Waals surface area contributed by atoms with Gasteiger partial charge in [-0.15, -0.1) is 0 Å². The van der Waals surface area contributed by atoms with E-state index in [0.717, 1.165) is 93.2 Å². The molecule has 0 saturated heterocycles. The van der Waals surface area contributed by atoms with E-state index < -0.39 is 11.2 Å². The second kappa shape index (κ2) is 17.0. The van der Waals surface area contributed by atoms with Crippen LogP contribution in [0.2, 0.25) is 0 Å². The van der Waals surface area contributed by atoms with Crippen LogP contribution in [-0.4, -0.2) is 13.2 Å². The minimum Gasteiger partial charge on any atom is -0.494 e. The molecule has 0 N–H and O–H groups in total. The molecule has 0 saturated carbocycles. The van der Waals surface area contributed by atoms with Gasteiger partial charge in [0.05, 0.1) is 13.2 Å². The van der Waals surface area contributed by atoms with Gasteiger partial charge in [0.2, 0.25) is 0 Å². The van der Waals surface area contributed by atoms with E-state index in [2.05, 4.69) is 159 Å². The number of hydrogen-bond acceptors (Lipinski definition) is 4. The second-order valence-electron chi connectivity index (χ2n) is 15.0. The van der Waals surface area contributed by atoms with Crippen molar-refractivity contribution in [1.29, 1.82) is 0 Å². The molecule has 2 unspecified atom stereocenters. The second-order valence-corrected chi connectivity index (χ2v) is 15.0. The van der Waals surface area contributed by atoms with Gasteiger partial charge in [-0.1, -0.05) is 149 Å². The van der Waals surface area contributed by atoms with E-state index in [1.165, 1.54) is 38.5 Å². The van der Waals surface area contributed by atoms with E-state index >= 15 is 0 Å². The molecular weight excluding hydrogens is 689 g/mol. The molecule has 0 aromatic heterocycles. The molecule has 0 amide bonds. The number of benzene rings is 6. The molecule has 4 heteroatoms. The summed E-state index contributed by atoms with van der Waals surface area (Å²) in [7, 11) is 0. The smallest absolute Gasteiger partial charge is 0.178 e. The number of fused-ring (bicyclic) bond motifs is 5. The number of rotatable bonds is 16. The topological polar surface area (TPSA) is 36.9 Å². The van der Waals surface area contributed by atoms with Crippen LogP contribution in [0.1, 0.15) is 98.6 Å². The van der Waals surface area contributed by atoms with E-state index in [9.17, 15) is 0 Å². The Bertz CT molecular complexity index is 2120. The molecule has 2 aliphatic rings. The lowest BCUT2D eigenvalue weighted by molar-refractivity contribution is 0.160. The van der Waals surface area contributed by atoms with Crippen LogP contribution in [0.15, 0.2) is 146 Å². The zero-order valence-corrected chi connectivity index (χ0v) is 32.7. The van der Waals surface area contributed by atoms with Crippen molar-refractivity contribution < 1.29 is 18.9 Å². The van der Waals surface area contributed by atoms with Crippen LogP contribution >= 0.6 is 0 Å². The van der Waals surface area contributed by atoms with Crippen molar-refractivity contribution in [1.82, 2.24) is 0 Å². The lowest BCUT2D eigenvalue weighted by atomic mass is 9.81. The van der Waals surface area contributed by atoms with Crippen LogP contribution in [0, 0.1) is 0 Å². The summed E-state index contributed by atoms with van der Waals surface area (Å²) >= 11 is 0. The Morgan fingerprint density at radius 3 is 1.25 bits per heavy atom. The molecule has 2 aliphatic heterocycles. The largest absolute Gasteiger partial charge is 0.494 e. The fourth-order valence-corrected chi connectivity index (χ4v) is 8.12. The third-order valence-electron chi connectivity index (χ3n) is 11.2. The third kappa shape index (κ3) is 7.45. The minimum atomic E-state index is -0.809. The van der Waals surface area contributed by atoms with Crippen molar-refractivity contribution in [2.75, 3.05) is 13.2 Å². The zero-order chi connectivity index (χ0) is 38.2. The van der Waals surface area contributed by atoms with Gasteiger partial charge in [-0.25, -0.2) is 0 Å². The molecule has 2 heterocycles. The van der Waals surface area contributed by atoms with Gasteiger partial charge in [-0.3, -0.25) is 0 Å². The van der Waals surface area contributed by atoms with E-state index in [0.29, 0.717) is 0 Å². The molecule has 8 rings (SSSR count). The van der Waals surface area contributed by atoms with Crippen molar-refractivity contribution in [3.8, 4) is 23.0 Å². The average molecular weight is 741 g/mol. The molecule has 6 aromatic carbocycles. The summed E-state index contributed by atoms with van der Waals surface area (Å²) in [6.07, 6.45) is 18.3. The monoisotopic (exact) mass is 740 g/mol. The number of ether oxygens (including phenoxy) is 4. The Kier molecular flexibility index (Phi) is 11.3. The van der Waals surface area contributed by atoms with Gasteiger partial charge in [0, 0.05) is 38.8 Å². The molecule has 4 nitrogen and oxygen atoms in total. The van der Waals surface area contributed by atoms with Crippen molar-refractivity contribution >= 4 is 22.9 Å². The Labute approximate surface area is 332 Å². The van der Waals surface area contributed by atoms with Crippen LogP contribution in [0.5, 0.6) is 23.0 Å². The third-order valence-corrected chi connectivity index (χ3v) is 11.2. The van der Waals surface area contributed by atoms with Crippen LogP contribution in [-0.2, 0) is 11.2 Å². The fourth-order valence-electron chi connectivity index (χ4n) is 8.12. The van der Waals surface area contributed by atoms with Crippen LogP contribution in [0.4, 0.5) is 0 Å². The summed E-state index contributed by atoms with van der Waals surface area (Å²) in [5.41, 5.74) is 4.68. The maximum atomic E-state index is 7.19. The first kappa shape index (κ1) is 37.2. The summed E-state index contributed by atoms with van der Waals surface area (Å²) in [6, 6.07) is 46.3. The van der Waals surface area contributed by atoms with Gasteiger partial charge in [0.1, 0.15) is 23.0 Å². The summed E-state index contributed by atoms with van der Waals surface area (Å²) in [5, 5.41) is 2.23. The van der Waals surface area contributed by atoms with Gasteiger partial charge in [-0.05, 0) is 78.9 Å². The average Bonchev–Trinajstić information content (AvgIpc) is 3.26. The van der Waals surface area contributed by atoms with Crippen molar-refractivity contribution in [3.63, 3.8) is 0 Å². The summed E-state index contributed by atoms with van der Waals surface area (Å²) in [4.78, 5) is 0. The molecule has 56 heavy (non-hydrogen) atoms. The number of hydrogen-bond donors (Lipinski definition) is 0. The first-order valence-electron chi connectivity index (χ1n) is 20.6. The Morgan fingerprint density at radius 1 is 0.429 bits per heavy atom. The van der Waals surface area contributed by atoms with Gasteiger partial charge >= 0.3 is 0 Å². The molecule has 2 atom stereocenters. The first-order chi connectivity index (χ1) is 27.6. The lowest BCUT2D eigenvalue weighted by Crippen LogP contribution is -2.34. The maximum Gasteiger partial charge on any atom is 0.178 e. The van der Waals surface area contributed by atoms with Gasteiger partial charge in [-0.2, -0.15) is 0 Å². The standard InChI is InChI=1S/C52H52O4/c1-3-5-7-15-37-53-44-27-23-42(24-28-44)51(40-17-11-9-12-18-40)35-33-46-48(55-51)31-21-39-22-32-49-47(50(39)46)34-36-52(56-49,41-19-13-10-14-20-41)43-25-29-45(30-26-43)54-38-16-8-6-4-2/h9-14,17-36H,3-8,15-16,37-38H2,1-2H3. The van der Waals surface area contributed by atoms with Gasteiger partial charge < -0.3 is 18.9 Å². The van der Waals surface area contributed by atoms with E-state index in [1.54, 1.807) is 0 Å². The quantitative estimate of drug-likeness (QED) is 0.0926. The summed E-state index contributed by atoms with van der Waals surface area (Å²) < 4.78 is 26.6. The molecule has 0 fully saturated rings. The molecule has 284 valence electrons. The summed E-state index contributed by atoms with van der Waals surface area (Å²) in [6.45, 7) is 5.92. The highest BCUT2D eigenvalue weighted by molar-refractivity contribution is 6.02. The van der Waals surface area contributed by atoms with E-state index in [-0.39, 0.29) is 0 Å². The predicted octanol–water partition coefficient (Wildman–Crippen LogP) is 13.5. The normalized spacial score (nSPS) is 18.1. The highest BCUT2D eigenvalue weighted by atomic mass is 16.5. The lowest BCUT2D eigenvalue weighted by Gasteiger charge is -2.38. The highest BCUT2D eigenvalue weighted by Crippen LogP contribution is 2.49. The van der Waals surface area contributed by atoms with E-state index in [4.69, 9.17) is 18.9 Å². The fraction of sp³-hybridized carbons (Fsp3) is 0.269. The first-order valence-corrected chi connectivity index (χ1v) is 20.6. The Morgan fingerprint density at radius 2 is 0.839 bits per heavy atom. The highest BCUT2D eigenvalue weighted by Gasteiger charge is 2.40. The summed E-state index contributed by atoms with van der Waals surface area (Å²) in [5.74, 6) is 3.41. The molecular formula is C52H52O4.